The van der Waals surface area contributed by atoms with E-state index in [1.165, 1.54) is 45.1 Å². The number of carboxylic acid groups (broad SMARTS) is 1. The summed E-state index contributed by atoms with van der Waals surface area (Å²) in [6.07, 6.45) is 16.1. The van der Waals surface area contributed by atoms with Gasteiger partial charge >= 0.3 is 5.97 Å². The Hall–Kier alpha value is -3.37. The number of benzene rings is 2. The Morgan fingerprint density at radius 1 is 0.935 bits per heavy atom. The Balaban J connectivity index is 1.44. The van der Waals surface area contributed by atoms with E-state index >= 15 is 0 Å². The summed E-state index contributed by atoms with van der Waals surface area (Å²) in [5.41, 5.74) is 10.1. The zero-order chi connectivity index (χ0) is 33.1. The van der Waals surface area contributed by atoms with Crippen LogP contribution < -0.4 is 4.90 Å². The zero-order valence-electron chi connectivity index (χ0n) is 28.7. The van der Waals surface area contributed by atoms with Crippen molar-refractivity contribution in [2.45, 2.75) is 104 Å². The lowest BCUT2D eigenvalue weighted by Crippen LogP contribution is -2.28. The molecule has 0 bridgehead atoms. The van der Waals surface area contributed by atoms with E-state index in [1.54, 1.807) is 0 Å². The number of halogens is 1. The highest BCUT2D eigenvalue weighted by atomic mass is 35.5. The van der Waals surface area contributed by atoms with Crippen molar-refractivity contribution in [2.24, 2.45) is 5.92 Å². The van der Waals surface area contributed by atoms with Crippen LogP contribution in [0.15, 0.2) is 94.7 Å². The van der Waals surface area contributed by atoms with Crippen LogP contribution in [0.4, 0.5) is 11.4 Å². The largest absolute Gasteiger partial charge is 0.481 e. The molecule has 46 heavy (non-hydrogen) atoms. The van der Waals surface area contributed by atoms with Crippen molar-refractivity contribution in [2.75, 3.05) is 18.0 Å². The Bertz CT molecular complexity index is 1620. The molecule has 0 saturated heterocycles. The number of anilines is 1. The summed E-state index contributed by atoms with van der Waals surface area (Å²) in [5.74, 6) is -0.0745. The topological polar surface area (TPSA) is 43.5 Å². The highest BCUT2D eigenvalue weighted by molar-refractivity contribution is 6.32. The van der Waals surface area contributed by atoms with Crippen molar-refractivity contribution in [1.29, 1.82) is 0 Å². The zero-order valence-corrected chi connectivity index (χ0v) is 29.5. The minimum absolute atomic E-state index is 0.0744. The molecule has 0 radical (unpaired) electrons. The third-order valence-corrected chi connectivity index (χ3v) is 10.6. The molecule has 0 aromatic heterocycles. The molecule has 2 aromatic rings. The maximum atomic E-state index is 11.0. The monoisotopic (exact) mass is 639 g/mol. The second-order valence-electron chi connectivity index (χ2n) is 14.6. The average molecular weight is 640 g/mol. The van der Waals surface area contributed by atoms with Crippen LogP contribution in [0.25, 0.3) is 0 Å². The fraction of sp³-hybridized carbons (Fsp3) is 0.463. The van der Waals surface area contributed by atoms with Gasteiger partial charge in [0.1, 0.15) is 6.54 Å². The van der Waals surface area contributed by atoms with Crippen molar-refractivity contribution < 1.29 is 14.5 Å². The van der Waals surface area contributed by atoms with E-state index in [1.807, 2.05) is 0 Å². The molecule has 0 spiro atoms. The van der Waals surface area contributed by atoms with E-state index < -0.39 is 5.97 Å². The summed E-state index contributed by atoms with van der Waals surface area (Å²) in [4.78, 5) is 13.5. The first-order valence-electron chi connectivity index (χ1n) is 17.2. The lowest BCUT2D eigenvalue weighted by atomic mass is 9.81. The highest BCUT2D eigenvalue weighted by Crippen LogP contribution is 2.48. The van der Waals surface area contributed by atoms with E-state index in [0.717, 1.165) is 56.6 Å². The van der Waals surface area contributed by atoms with E-state index in [0.29, 0.717) is 12.3 Å². The Kier molecular flexibility index (Phi) is 10.5. The van der Waals surface area contributed by atoms with E-state index in [-0.39, 0.29) is 17.3 Å². The van der Waals surface area contributed by atoms with Gasteiger partial charge in [-0.15, -0.1) is 0 Å². The predicted molar refractivity (Wildman–Crippen MR) is 194 cm³/mol. The second kappa shape index (κ2) is 14.2. The quantitative estimate of drug-likeness (QED) is 0.186. The minimum Gasteiger partial charge on any atom is -0.481 e. The predicted octanol–water partition coefficient (Wildman–Crippen LogP) is 10.6. The second-order valence-corrected chi connectivity index (χ2v) is 15.0. The summed E-state index contributed by atoms with van der Waals surface area (Å²) in [7, 11) is 0. The number of fused-ring (bicyclic) bond motifs is 2. The van der Waals surface area contributed by atoms with Crippen LogP contribution >= 0.6 is 11.6 Å². The van der Waals surface area contributed by atoms with Crippen LogP contribution in [0, 0.1) is 5.92 Å². The van der Waals surface area contributed by atoms with Crippen molar-refractivity contribution >= 4 is 34.7 Å². The SMILES string of the molecule is CC(C)CCN1/C(=C\C=C2/CCCC(/C=C/C3=[N+](CCCCCC(=O)O)c4ccccc4C3(C)C)=C2Cl)C(C)(C)c2ccccc21. The van der Waals surface area contributed by atoms with Crippen LogP contribution in [0.5, 0.6) is 0 Å². The Morgan fingerprint density at radius 3 is 2.39 bits per heavy atom. The smallest absolute Gasteiger partial charge is 0.303 e. The van der Waals surface area contributed by atoms with E-state index in [9.17, 15) is 4.79 Å². The number of rotatable bonds is 12. The van der Waals surface area contributed by atoms with Crippen LogP contribution in [-0.4, -0.2) is 34.5 Å². The van der Waals surface area contributed by atoms with Gasteiger partial charge in [-0.1, -0.05) is 87.8 Å². The van der Waals surface area contributed by atoms with Gasteiger partial charge in [0.15, 0.2) is 5.71 Å². The van der Waals surface area contributed by atoms with Crippen molar-refractivity contribution in [1.82, 2.24) is 0 Å². The number of carboxylic acids is 1. The molecule has 2 heterocycles. The fourth-order valence-electron chi connectivity index (χ4n) is 7.44. The summed E-state index contributed by atoms with van der Waals surface area (Å²) < 4.78 is 2.44. The molecule has 2 aromatic carbocycles. The number of unbranched alkanes of at least 4 members (excludes halogenated alkanes) is 2. The molecule has 0 unspecified atom stereocenters. The van der Waals surface area contributed by atoms with Crippen molar-refractivity contribution in [3.63, 3.8) is 0 Å². The molecule has 0 saturated carbocycles. The van der Waals surface area contributed by atoms with E-state index in [4.69, 9.17) is 16.7 Å². The normalized spacial score (nSPS) is 20.5. The molecule has 2 aliphatic heterocycles. The first-order chi connectivity index (χ1) is 21.9. The molecule has 4 nitrogen and oxygen atoms in total. The van der Waals surface area contributed by atoms with Gasteiger partial charge in [0.2, 0.25) is 5.69 Å². The first-order valence-corrected chi connectivity index (χ1v) is 17.6. The van der Waals surface area contributed by atoms with Gasteiger partial charge in [-0.05, 0) is 87.1 Å². The third-order valence-electron chi connectivity index (χ3n) is 10.1. The molecule has 244 valence electrons. The molecule has 5 heteroatoms. The lowest BCUT2D eigenvalue weighted by molar-refractivity contribution is -0.438. The molecule has 1 N–H and O–H groups in total. The first kappa shape index (κ1) is 34.0. The summed E-state index contributed by atoms with van der Waals surface area (Å²) >= 11 is 7.21. The summed E-state index contributed by atoms with van der Waals surface area (Å²) in [6, 6.07) is 17.5. The number of hydrogen-bond acceptors (Lipinski definition) is 2. The summed E-state index contributed by atoms with van der Waals surface area (Å²) in [6.45, 7) is 15.8. The van der Waals surface area contributed by atoms with Crippen LogP contribution in [0.3, 0.4) is 0 Å². The fourth-order valence-corrected chi connectivity index (χ4v) is 7.76. The Labute approximate surface area is 281 Å². The Morgan fingerprint density at radius 2 is 1.65 bits per heavy atom. The number of aliphatic carboxylic acids is 1. The highest BCUT2D eigenvalue weighted by Gasteiger charge is 2.44. The standard InChI is InChI=1S/C41H51ClN2O2/c1-29(2)26-28-44-35-20-12-10-18-33(35)41(5,6)37(44)25-23-31-16-14-15-30(39(31)42)22-24-36-40(3,4)32-17-9-11-19-34(32)43(36)27-13-7-8-21-38(45)46/h9-12,17-20,22-25,29H,7-8,13-16,21,26-28H2,1-6H3/p+1. The number of carbonyl (C=O) groups is 1. The maximum Gasteiger partial charge on any atom is 0.303 e. The van der Waals surface area contributed by atoms with Crippen LogP contribution in [-0.2, 0) is 15.6 Å². The van der Waals surface area contributed by atoms with Crippen LogP contribution in [0.2, 0.25) is 0 Å². The molecule has 0 amide bonds. The van der Waals surface area contributed by atoms with Gasteiger partial charge in [0, 0.05) is 58.9 Å². The molecule has 1 aliphatic carbocycles. The lowest BCUT2D eigenvalue weighted by Gasteiger charge is -2.28. The van der Waals surface area contributed by atoms with Crippen molar-refractivity contribution in [3.8, 4) is 0 Å². The van der Waals surface area contributed by atoms with Gasteiger partial charge in [-0.3, -0.25) is 4.79 Å². The molecule has 3 aliphatic rings. The van der Waals surface area contributed by atoms with Crippen LogP contribution in [0.1, 0.15) is 104 Å². The average Bonchev–Trinajstić information content (AvgIpc) is 3.37. The molecular formula is C41H52ClN2O2+. The number of hydrogen-bond donors (Lipinski definition) is 1. The minimum atomic E-state index is -0.717. The molecule has 5 rings (SSSR count). The molecular weight excluding hydrogens is 588 g/mol. The molecule has 0 atom stereocenters. The molecule has 0 fully saturated rings. The number of nitrogens with zero attached hydrogens (tertiary/aromatic N) is 2. The summed E-state index contributed by atoms with van der Waals surface area (Å²) in [5, 5.41) is 9.94. The van der Waals surface area contributed by atoms with Gasteiger partial charge in [0.25, 0.3) is 0 Å². The van der Waals surface area contributed by atoms with Gasteiger partial charge in [0.05, 0.1) is 5.41 Å². The number of allylic oxidation sites excluding steroid dienone is 8. The third kappa shape index (κ3) is 6.98. The maximum absolute atomic E-state index is 11.0. The van der Waals surface area contributed by atoms with Crippen molar-refractivity contribution in [3.05, 3.63) is 106 Å². The van der Waals surface area contributed by atoms with Gasteiger partial charge in [-0.25, -0.2) is 0 Å². The van der Waals surface area contributed by atoms with E-state index in [2.05, 4.69) is 124 Å². The van der Waals surface area contributed by atoms with Gasteiger partial charge < -0.3 is 10.0 Å². The van der Waals surface area contributed by atoms with Gasteiger partial charge in [-0.2, -0.15) is 4.58 Å². The number of para-hydroxylation sites is 2.